The molecule has 1 aliphatic heterocycles. The van der Waals surface area contributed by atoms with E-state index >= 15 is 0 Å². The highest BCUT2D eigenvalue weighted by Crippen LogP contribution is 2.28. The lowest BCUT2D eigenvalue weighted by Gasteiger charge is -2.30. The number of hydrogen-bond donors (Lipinski definition) is 0. The molecule has 0 bridgehead atoms. The molecule has 1 heterocycles. The second-order valence-corrected chi connectivity index (χ2v) is 4.74. The fraction of sp³-hybridized carbons (Fsp3) is 0.188. The number of rotatable bonds is 2. The van der Waals surface area contributed by atoms with E-state index in [0.717, 1.165) is 16.8 Å². The van der Waals surface area contributed by atoms with Crippen LogP contribution in [0, 0.1) is 5.82 Å². The molecule has 19 heavy (non-hydrogen) atoms. The minimum absolute atomic E-state index is 0.200. The Morgan fingerprint density at radius 2 is 1.79 bits per heavy atom. The van der Waals surface area contributed by atoms with Crippen molar-refractivity contribution in [2.75, 3.05) is 11.4 Å². The summed E-state index contributed by atoms with van der Waals surface area (Å²) in [5.41, 5.74) is 2.81. The van der Waals surface area contributed by atoms with Crippen LogP contribution in [0.25, 0.3) is 0 Å². The molecule has 0 N–H and O–H groups in total. The topological polar surface area (TPSA) is 20.3 Å². The Balaban J connectivity index is 1.88. The Labute approximate surface area is 111 Å². The molecule has 0 amide bonds. The van der Waals surface area contributed by atoms with Gasteiger partial charge in [0, 0.05) is 30.8 Å². The number of carbonyl (C=O) groups is 1. The Hall–Kier alpha value is -2.16. The third-order valence-electron chi connectivity index (χ3n) is 3.44. The highest BCUT2D eigenvalue weighted by molar-refractivity contribution is 6.03. The van der Waals surface area contributed by atoms with Crippen molar-refractivity contribution in [3.05, 3.63) is 65.5 Å². The summed E-state index contributed by atoms with van der Waals surface area (Å²) in [6.45, 7) is 1.41. The summed E-state index contributed by atoms with van der Waals surface area (Å²) < 4.78 is 12.9. The van der Waals surface area contributed by atoms with E-state index in [4.69, 9.17) is 0 Å². The molecule has 2 aromatic carbocycles. The van der Waals surface area contributed by atoms with Crippen LogP contribution in [-0.2, 0) is 6.54 Å². The first kappa shape index (κ1) is 11.9. The van der Waals surface area contributed by atoms with Gasteiger partial charge in [-0.2, -0.15) is 0 Å². The van der Waals surface area contributed by atoms with Crippen LogP contribution in [-0.4, -0.2) is 12.3 Å². The number of Topliss-reactive ketones (excluding diaryl/α,β-unsaturated/α-hetero) is 1. The van der Waals surface area contributed by atoms with Crippen LogP contribution in [0.5, 0.6) is 0 Å². The molecule has 0 aromatic heterocycles. The fourth-order valence-corrected chi connectivity index (χ4v) is 2.45. The predicted molar refractivity (Wildman–Crippen MR) is 72.8 cm³/mol. The van der Waals surface area contributed by atoms with Gasteiger partial charge in [-0.15, -0.1) is 0 Å². The van der Waals surface area contributed by atoms with Crippen LogP contribution >= 0.6 is 0 Å². The number of nitrogens with zero attached hydrogens (tertiary/aromatic N) is 1. The van der Waals surface area contributed by atoms with Gasteiger partial charge < -0.3 is 4.90 Å². The highest BCUT2D eigenvalue weighted by Gasteiger charge is 2.22. The third-order valence-corrected chi connectivity index (χ3v) is 3.44. The molecule has 0 saturated carbocycles. The molecule has 0 fully saturated rings. The molecular formula is C16H14FNO. The Morgan fingerprint density at radius 3 is 2.58 bits per heavy atom. The maximum absolute atomic E-state index is 12.9. The van der Waals surface area contributed by atoms with E-state index in [2.05, 4.69) is 4.90 Å². The predicted octanol–water partition coefficient (Wildman–Crippen LogP) is 3.42. The minimum Gasteiger partial charge on any atom is -0.366 e. The van der Waals surface area contributed by atoms with Crippen LogP contribution < -0.4 is 4.90 Å². The van der Waals surface area contributed by atoms with E-state index in [0.29, 0.717) is 19.5 Å². The summed E-state index contributed by atoms with van der Waals surface area (Å²) in [6, 6.07) is 14.2. The molecule has 0 saturated heterocycles. The summed E-state index contributed by atoms with van der Waals surface area (Å²) in [6.07, 6.45) is 0.540. The number of fused-ring (bicyclic) bond motifs is 1. The van der Waals surface area contributed by atoms with Crippen LogP contribution in [0.3, 0.4) is 0 Å². The largest absolute Gasteiger partial charge is 0.366 e. The molecule has 96 valence electrons. The van der Waals surface area contributed by atoms with Crippen molar-refractivity contribution >= 4 is 11.5 Å². The van der Waals surface area contributed by atoms with Crippen LogP contribution in [0.2, 0.25) is 0 Å². The summed E-state index contributed by atoms with van der Waals surface area (Å²) in [5.74, 6) is -0.0241. The van der Waals surface area contributed by atoms with E-state index in [-0.39, 0.29) is 11.6 Å². The summed E-state index contributed by atoms with van der Waals surface area (Å²) in [4.78, 5) is 14.0. The van der Waals surface area contributed by atoms with Gasteiger partial charge in [0.05, 0.1) is 0 Å². The molecule has 0 aliphatic carbocycles. The zero-order chi connectivity index (χ0) is 13.2. The second-order valence-electron chi connectivity index (χ2n) is 4.74. The lowest BCUT2D eigenvalue weighted by atomic mass is 10.00. The van der Waals surface area contributed by atoms with Gasteiger partial charge >= 0.3 is 0 Å². The smallest absolute Gasteiger partial charge is 0.166 e. The van der Waals surface area contributed by atoms with Crippen LogP contribution in [0.4, 0.5) is 10.1 Å². The Morgan fingerprint density at radius 1 is 1.05 bits per heavy atom. The first-order valence-electron chi connectivity index (χ1n) is 6.35. The molecule has 0 unspecified atom stereocenters. The van der Waals surface area contributed by atoms with E-state index in [1.807, 2.05) is 24.3 Å². The van der Waals surface area contributed by atoms with E-state index in [1.54, 1.807) is 12.1 Å². The van der Waals surface area contributed by atoms with Gasteiger partial charge in [0.2, 0.25) is 0 Å². The molecule has 1 aliphatic rings. The van der Waals surface area contributed by atoms with E-state index in [9.17, 15) is 9.18 Å². The summed E-state index contributed by atoms with van der Waals surface area (Å²) in [7, 11) is 0. The van der Waals surface area contributed by atoms with Crippen molar-refractivity contribution in [3.8, 4) is 0 Å². The van der Waals surface area contributed by atoms with Gasteiger partial charge in [0.15, 0.2) is 5.78 Å². The first-order valence-corrected chi connectivity index (χ1v) is 6.35. The second kappa shape index (κ2) is 4.84. The van der Waals surface area contributed by atoms with Gasteiger partial charge in [-0.25, -0.2) is 4.39 Å². The quantitative estimate of drug-likeness (QED) is 0.819. The number of ketones is 1. The monoisotopic (exact) mass is 255 g/mol. The van der Waals surface area contributed by atoms with Gasteiger partial charge in [0.1, 0.15) is 5.82 Å². The maximum atomic E-state index is 12.9. The number of benzene rings is 2. The summed E-state index contributed by atoms with van der Waals surface area (Å²) >= 11 is 0. The van der Waals surface area contributed by atoms with Crippen molar-refractivity contribution in [1.29, 1.82) is 0 Å². The lowest BCUT2D eigenvalue weighted by molar-refractivity contribution is 0.0979. The standard InChI is InChI=1S/C16H14FNO/c17-13-7-5-12(6-8-13)11-18-10-9-16(19)14-3-1-2-4-15(14)18/h1-8H,9-11H2. The molecule has 3 rings (SSSR count). The number of halogens is 1. The molecule has 3 heteroatoms. The van der Waals surface area contributed by atoms with Gasteiger partial charge in [-0.05, 0) is 29.8 Å². The van der Waals surface area contributed by atoms with Crippen molar-refractivity contribution in [2.45, 2.75) is 13.0 Å². The molecular weight excluding hydrogens is 241 g/mol. The Bertz CT molecular complexity index is 606. The van der Waals surface area contributed by atoms with Crippen molar-refractivity contribution in [1.82, 2.24) is 0 Å². The van der Waals surface area contributed by atoms with Gasteiger partial charge in [0.25, 0.3) is 0 Å². The lowest BCUT2D eigenvalue weighted by Crippen LogP contribution is -2.31. The van der Waals surface area contributed by atoms with Crippen molar-refractivity contribution in [3.63, 3.8) is 0 Å². The molecule has 0 atom stereocenters. The molecule has 0 radical (unpaired) electrons. The average Bonchev–Trinajstić information content (AvgIpc) is 2.45. The zero-order valence-electron chi connectivity index (χ0n) is 10.5. The highest BCUT2D eigenvalue weighted by atomic mass is 19.1. The first-order chi connectivity index (χ1) is 9.24. The normalized spacial score (nSPS) is 14.4. The van der Waals surface area contributed by atoms with E-state index in [1.165, 1.54) is 12.1 Å². The number of carbonyl (C=O) groups excluding carboxylic acids is 1. The Kier molecular flexibility index (Phi) is 3.03. The van der Waals surface area contributed by atoms with E-state index < -0.39 is 0 Å². The third kappa shape index (κ3) is 2.36. The maximum Gasteiger partial charge on any atom is 0.166 e. The van der Waals surface area contributed by atoms with Crippen molar-refractivity contribution in [2.24, 2.45) is 0 Å². The number of hydrogen-bond acceptors (Lipinski definition) is 2. The SMILES string of the molecule is O=C1CCN(Cc2ccc(F)cc2)c2ccccc21. The van der Waals surface area contributed by atoms with Gasteiger partial charge in [-0.1, -0.05) is 24.3 Å². The van der Waals surface area contributed by atoms with Crippen LogP contribution in [0.1, 0.15) is 22.3 Å². The van der Waals surface area contributed by atoms with Crippen molar-refractivity contribution < 1.29 is 9.18 Å². The average molecular weight is 255 g/mol. The zero-order valence-corrected chi connectivity index (χ0v) is 10.5. The van der Waals surface area contributed by atoms with Crippen LogP contribution in [0.15, 0.2) is 48.5 Å². The fourth-order valence-electron chi connectivity index (χ4n) is 2.45. The number of anilines is 1. The van der Waals surface area contributed by atoms with Gasteiger partial charge in [-0.3, -0.25) is 4.79 Å². The number of para-hydroxylation sites is 1. The molecule has 2 aromatic rings. The minimum atomic E-state index is -0.224. The molecule has 2 nitrogen and oxygen atoms in total. The summed E-state index contributed by atoms with van der Waals surface area (Å²) in [5, 5.41) is 0. The molecule has 0 spiro atoms.